The zero-order valence-corrected chi connectivity index (χ0v) is 10.4. The first-order valence-electron chi connectivity index (χ1n) is 6.52. The summed E-state index contributed by atoms with van der Waals surface area (Å²) in [7, 11) is 0. The number of aromatic nitrogens is 1. The molecule has 1 aliphatic rings. The molecular formula is C14H21NO2. The molecule has 0 saturated heterocycles. The Morgan fingerprint density at radius 2 is 2.41 bits per heavy atom. The van der Waals surface area contributed by atoms with E-state index in [1.165, 1.54) is 5.56 Å². The molecule has 0 saturated carbocycles. The Balaban J connectivity index is 1.87. The van der Waals surface area contributed by atoms with Crippen LogP contribution in [-0.4, -0.2) is 29.4 Å². The van der Waals surface area contributed by atoms with E-state index in [0.717, 1.165) is 31.6 Å². The molecule has 3 nitrogen and oxygen atoms in total. The van der Waals surface area contributed by atoms with Gasteiger partial charge in [-0.15, -0.1) is 0 Å². The molecule has 1 N–H and O–H groups in total. The quantitative estimate of drug-likeness (QED) is 0.769. The monoisotopic (exact) mass is 235 g/mol. The van der Waals surface area contributed by atoms with Crippen molar-refractivity contribution in [3.8, 4) is 0 Å². The smallest absolute Gasteiger partial charge is 0.0646 e. The van der Waals surface area contributed by atoms with Gasteiger partial charge in [0.15, 0.2) is 0 Å². The summed E-state index contributed by atoms with van der Waals surface area (Å²) in [6.07, 6.45) is 5.30. The SMILES string of the molecule is CCCOCCC(O)C1CCc2cccnc21. The first-order valence-corrected chi connectivity index (χ1v) is 6.52. The maximum absolute atomic E-state index is 10.2. The minimum absolute atomic E-state index is 0.205. The number of hydrogen-bond acceptors (Lipinski definition) is 3. The Hall–Kier alpha value is -0.930. The molecule has 1 aromatic rings. The van der Waals surface area contributed by atoms with Crippen LogP contribution in [0.25, 0.3) is 0 Å². The van der Waals surface area contributed by atoms with E-state index in [4.69, 9.17) is 4.74 Å². The van der Waals surface area contributed by atoms with E-state index < -0.39 is 0 Å². The highest BCUT2D eigenvalue weighted by molar-refractivity contribution is 5.29. The van der Waals surface area contributed by atoms with Crippen molar-refractivity contribution >= 4 is 0 Å². The van der Waals surface area contributed by atoms with Gasteiger partial charge in [-0.25, -0.2) is 0 Å². The highest BCUT2D eigenvalue weighted by Crippen LogP contribution is 2.34. The molecule has 94 valence electrons. The molecule has 0 aromatic carbocycles. The standard InChI is InChI=1S/C14H21NO2/c1-2-9-17-10-7-13(16)12-6-5-11-4-3-8-15-14(11)12/h3-4,8,12-13,16H,2,5-7,9-10H2,1H3. The van der Waals surface area contributed by atoms with E-state index >= 15 is 0 Å². The average Bonchev–Trinajstić information content (AvgIpc) is 2.78. The fraction of sp³-hybridized carbons (Fsp3) is 0.643. The van der Waals surface area contributed by atoms with Gasteiger partial charge >= 0.3 is 0 Å². The van der Waals surface area contributed by atoms with E-state index in [1.807, 2.05) is 12.3 Å². The van der Waals surface area contributed by atoms with Gasteiger partial charge in [-0.05, 0) is 37.3 Å². The first kappa shape index (κ1) is 12.5. The van der Waals surface area contributed by atoms with Crippen LogP contribution < -0.4 is 0 Å². The van der Waals surface area contributed by atoms with Crippen molar-refractivity contribution < 1.29 is 9.84 Å². The molecule has 1 aromatic heterocycles. The summed E-state index contributed by atoms with van der Waals surface area (Å²) < 4.78 is 5.42. The van der Waals surface area contributed by atoms with Gasteiger partial charge in [-0.1, -0.05) is 13.0 Å². The Morgan fingerprint density at radius 1 is 1.53 bits per heavy atom. The van der Waals surface area contributed by atoms with Crippen LogP contribution in [0.4, 0.5) is 0 Å². The third kappa shape index (κ3) is 3.05. The van der Waals surface area contributed by atoms with Gasteiger partial charge in [0, 0.05) is 31.0 Å². The number of aliphatic hydroxyl groups excluding tert-OH is 1. The summed E-state index contributed by atoms with van der Waals surface area (Å²) in [5.41, 5.74) is 2.39. The summed E-state index contributed by atoms with van der Waals surface area (Å²) >= 11 is 0. The highest BCUT2D eigenvalue weighted by atomic mass is 16.5. The van der Waals surface area contributed by atoms with Gasteiger partial charge in [0.1, 0.15) is 0 Å². The van der Waals surface area contributed by atoms with Crippen LogP contribution in [0.2, 0.25) is 0 Å². The van der Waals surface area contributed by atoms with E-state index in [1.54, 1.807) is 0 Å². The average molecular weight is 235 g/mol. The molecule has 0 amide bonds. The molecule has 0 bridgehead atoms. The van der Waals surface area contributed by atoms with Crippen molar-refractivity contribution in [1.82, 2.24) is 4.98 Å². The molecule has 0 spiro atoms. The van der Waals surface area contributed by atoms with Crippen LogP contribution in [0.3, 0.4) is 0 Å². The fourth-order valence-corrected chi connectivity index (χ4v) is 2.47. The zero-order valence-electron chi connectivity index (χ0n) is 10.4. The van der Waals surface area contributed by atoms with Crippen molar-refractivity contribution in [2.24, 2.45) is 0 Å². The minimum atomic E-state index is -0.317. The Morgan fingerprint density at radius 3 is 3.24 bits per heavy atom. The fourth-order valence-electron chi connectivity index (χ4n) is 2.47. The van der Waals surface area contributed by atoms with Crippen LogP contribution in [0.5, 0.6) is 0 Å². The summed E-state index contributed by atoms with van der Waals surface area (Å²) in [6.45, 7) is 3.52. The van der Waals surface area contributed by atoms with Crippen molar-refractivity contribution in [2.75, 3.05) is 13.2 Å². The Labute approximate surface area is 103 Å². The minimum Gasteiger partial charge on any atom is -0.392 e. The second-order valence-corrected chi connectivity index (χ2v) is 4.66. The van der Waals surface area contributed by atoms with Crippen LogP contribution >= 0.6 is 0 Å². The number of aliphatic hydroxyl groups is 1. The lowest BCUT2D eigenvalue weighted by Gasteiger charge is -2.18. The number of ether oxygens (including phenoxy) is 1. The highest BCUT2D eigenvalue weighted by Gasteiger charge is 2.29. The van der Waals surface area contributed by atoms with E-state index in [2.05, 4.69) is 18.0 Å². The number of pyridine rings is 1. The van der Waals surface area contributed by atoms with Gasteiger partial charge < -0.3 is 9.84 Å². The van der Waals surface area contributed by atoms with Crippen LogP contribution in [-0.2, 0) is 11.2 Å². The van der Waals surface area contributed by atoms with Gasteiger partial charge in [-0.2, -0.15) is 0 Å². The van der Waals surface area contributed by atoms with Crippen molar-refractivity contribution in [1.29, 1.82) is 0 Å². The summed E-state index contributed by atoms with van der Waals surface area (Å²) in [5, 5.41) is 10.2. The lowest BCUT2D eigenvalue weighted by Crippen LogP contribution is -2.19. The summed E-state index contributed by atoms with van der Waals surface area (Å²) in [4.78, 5) is 4.41. The number of aryl methyl sites for hydroxylation is 1. The molecule has 0 aliphatic heterocycles. The Kier molecular flexibility index (Phi) is 4.51. The third-order valence-corrected chi connectivity index (χ3v) is 3.37. The molecule has 3 heteroatoms. The zero-order chi connectivity index (χ0) is 12.1. The molecule has 2 rings (SSSR count). The van der Waals surface area contributed by atoms with Crippen LogP contribution in [0.15, 0.2) is 18.3 Å². The molecule has 1 aliphatic carbocycles. The second kappa shape index (κ2) is 6.12. The second-order valence-electron chi connectivity index (χ2n) is 4.66. The maximum Gasteiger partial charge on any atom is 0.0646 e. The van der Waals surface area contributed by atoms with Crippen molar-refractivity contribution in [3.63, 3.8) is 0 Å². The third-order valence-electron chi connectivity index (χ3n) is 3.37. The van der Waals surface area contributed by atoms with Gasteiger partial charge in [0.25, 0.3) is 0 Å². The molecule has 2 atom stereocenters. The van der Waals surface area contributed by atoms with E-state index in [0.29, 0.717) is 13.0 Å². The molecule has 17 heavy (non-hydrogen) atoms. The van der Waals surface area contributed by atoms with E-state index in [9.17, 15) is 5.11 Å². The number of hydrogen-bond donors (Lipinski definition) is 1. The largest absolute Gasteiger partial charge is 0.392 e. The molecule has 1 heterocycles. The topological polar surface area (TPSA) is 42.4 Å². The molecule has 2 unspecified atom stereocenters. The van der Waals surface area contributed by atoms with Crippen molar-refractivity contribution in [2.45, 2.75) is 44.6 Å². The van der Waals surface area contributed by atoms with Crippen LogP contribution in [0, 0.1) is 0 Å². The molecule has 0 fully saturated rings. The normalized spacial score (nSPS) is 20.2. The predicted molar refractivity (Wildman–Crippen MR) is 67.0 cm³/mol. The lowest BCUT2D eigenvalue weighted by atomic mass is 9.97. The number of rotatable bonds is 6. The number of fused-ring (bicyclic) bond motifs is 1. The maximum atomic E-state index is 10.2. The van der Waals surface area contributed by atoms with Gasteiger partial charge in [0.05, 0.1) is 6.10 Å². The lowest BCUT2D eigenvalue weighted by molar-refractivity contribution is 0.0684. The van der Waals surface area contributed by atoms with Gasteiger partial charge in [0.2, 0.25) is 0 Å². The van der Waals surface area contributed by atoms with Crippen LogP contribution in [0.1, 0.15) is 43.4 Å². The van der Waals surface area contributed by atoms with Crippen molar-refractivity contribution in [3.05, 3.63) is 29.6 Å². The molecule has 0 radical (unpaired) electrons. The summed E-state index contributed by atoms with van der Waals surface area (Å²) in [6, 6.07) is 4.08. The predicted octanol–water partition coefficient (Wildman–Crippen LogP) is 2.29. The molecular weight excluding hydrogens is 214 g/mol. The first-order chi connectivity index (χ1) is 8.33. The Bertz CT molecular complexity index is 354. The van der Waals surface area contributed by atoms with E-state index in [-0.39, 0.29) is 12.0 Å². The summed E-state index contributed by atoms with van der Waals surface area (Å²) in [5.74, 6) is 0.205. The van der Waals surface area contributed by atoms with Gasteiger partial charge in [-0.3, -0.25) is 4.98 Å². The number of nitrogens with zero attached hydrogens (tertiary/aromatic N) is 1.